The summed E-state index contributed by atoms with van der Waals surface area (Å²) in [6, 6.07) is 3.94. The van der Waals surface area contributed by atoms with Crippen molar-refractivity contribution in [3.05, 3.63) is 33.9 Å². The largest absolute Gasteiger partial charge is 0.478 e. The Morgan fingerprint density at radius 1 is 1.40 bits per heavy atom. The number of carboxylic acid groups (broad SMARTS) is 1. The van der Waals surface area contributed by atoms with Gasteiger partial charge in [0.1, 0.15) is 4.90 Å². The van der Waals surface area contributed by atoms with Crippen molar-refractivity contribution in [2.45, 2.75) is 13.6 Å². The van der Waals surface area contributed by atoms with Gasteiger partial charge in [0.05, 0.1) is 10.5 Å². The third kappa shape index (κ3) is 3.08. The molecule has 1 aromatic heterocycles. The number of nitrogens with zero attached hydrogens (tertiary/aromatic N) is 3. The molecule has 1 aromatic carbocycles. The highest BCUT2D eigenvalue weighted by Gasteiger charge is 2.23. The number of nitro groups is 1. The second-order valence-corrected chi connectivity index (χ2v) is 6.64. The van der Waals surface area contributed by atoms with Crippen LogP contribution in [0.2, 0.25) is 0 Å². The lowest BCUT2D eigenvalue weighted by atomic mass is 10.2. The van der Waals surface area contributed by atoms with Gasteiger partial charge in [-0.2, -0.15) is 0 Å². The molecule has 0 unspecified atom stereocenters. The van der Waals surface area contributed by atoms with Crippen LogP contribution in [0.5, 0.6) is 0 Å². The van der Waals surface area contributed by atoms with E-state index in [4.69, 9.17) is 5.11 Å². The predicted octanol–water partition coefficient (Wildman–Crippen LogP) is 3.02. The van der Waals surface area contributed by atoms with E-state index < -0.39 is 10.9 Å². The third-order valence-electron chi connectivity index (χ3n) is 2.17. The summed E-state index contributed by atoms with van der Waals surface area (Å²) in [5.74, 6) is -1.22. The number of nitro benzene ring substituents is 1. The molecule has 104 valence electrons. The van der Waals surface area contributed by atoms with Gasteiger partial charge in [0.2, 0.25) is 0 Å². The van der Waals surface area contributed by atoms with Crippen molar-refractivity contribution in [3.63, 3.8) is 0 Å². The van der Waals surface area contributed by atoms with Crippen molar-refractivity contribution in [2.24, 2.45) is 0 Å². The van der Waals surface area contributed by atoms with Gasteiger partial charge in [0.25, 0.3) is 5.69 Å². The summed E-state index contributed by atoms with van der Waals surface area (Å²) in [6.45, 7) is 0. The number of benzene rings is 1. The van der Waals surface area contributed by atoms with Gasteiger partial charge in [-0.15, -0.1) is 10.2 Å². The van der Waals surface area contributed by atoms with E-state index in [-0.39, 0.29) is 16.1 Å². The minimum Gasteiger partial charge on any atom is -0.478 e. The first kappa shape index (κ1) is 14.8. The SMILES string of the molecule is CSc1nnc(Sc2c(C(=O)O)cccc2[N+](=O)[O-])s1. The first-order valence-electron chi connectivity index (χ1n) is 5.09. The van der Waals surface area contributed by atoms with Crippen LogP contribution in [0.4, 0.5) is 5.69 Å². The smallest absolute Gasteiger partial charge is 0.337 e. The minimum absolute atomic E-state index is 0.0637. The van der Waals surface area contributed by atoms with Crippen LogP contribution in [-0.4, -0.2) is 32.5 Å². The van der Waals surface area contributed by atoms with Crippen molar-refractivity contribution in [1.29, 1.82) is 0 Å². The van der Waals surface area contributed by atoms with Crippen molar-refractivity contribution in [3.8, 4) is 0 Å². The molecule has 0 fully saturated rings. The highest BCUT2D eigenvalue weighted by molar-refractivity contribution is 8.03. The summed E-state index contributed by atoms with van der Waals surface area (Å²) < 4.78 is 1.18. The summed E-state index contributed by atoms with van der Waals surface area (Å²) in [7, 11) is 0. The third-order valence-corrected chi connectivity index (χ3v) is 5.26. The molecular formula is C10H7N3O4S3. The standard InChI is InChI=1S/C10H7N3O4S3/c1-18-9-11-12-10(20-9)19-7-5(8(14)15)3-2-4-6(7)13(16)17/h2-4H,1H3,(H,14,15). The Morgan fingerprint density at radius 2 is 2.10 bits per heavy atom. The number of thioether (sulfide) groups is 1. The summed E-state index contributed by atoms with van der Waals surface area (Å²) >= 11 is 3.60. The van der Waals surface area contributed by atoms with Gasteiger partial charge in [0, 0.05) is 6.07 Å². The summed E-state index contributed by atoms with van der Waals surface area (Å²) in [6.07, 6.45) is 1.84. The molecule has 1 N–H and O–H groups in total. The second kappa shape index (κ2) is 6.20. The fourth-order valence-electron chi connectivity index (χ4n) is 1.35. The Labute approximate surface area is 125 Å². The fourth-order valence-corrected chi connectivity index (χ4v) is 3.94. The number of hydrogen-bond donors (Lipinski definition) is 1. The van der Waals surface area contributed by atoms with Gasteiger partial charge < -0.3 is 5.11 Å². The van der Waals surface area contributed by atoms with Gasteiger partial charge >= 0.3 is 5.97 Å². The Balaban J connectivity index is 2.47. The summed E-state index contributed by atoms with van der Waals surface area (Å²) in [5, 5.41) is 27.9. The maximum absolute atomic E-state index is 11.2. The maximum atomic E-state index is 11.2. The Morgan fingerprint density at radius 3 is 2.65 bits per heavy atom. The Bertz CT molecular complexity index is 641. The quantitative estimate of drug-likeness (QED) is 0.507. The van der Waals surface area contributed by atoms with Gasteiger partial charge in [-0.3, -0.25) is 10.1 Å². The van der Waals surface area contributed by atoms with Crippen LogP contribution in [0.25, 0.3) is 0 Å². The van der Waals surface area contributed by atoms with Crippen LogP contribution in [0.3, 0.4) is 0 Å². The molecule has 20 heavy (non-hydrogen) atoms. The predicted molar refractivity (Wildman–Crippen MR) is 75.9 cm³/mol. The van der Waals surface area contributed by atoms with Crippen LogP contribution >= 0.6 is 34.9 Å². The monoisotopic (exact) mass is 329 g/mol. The molecule has 0 aliphatic carbocycles. The molecular weight excluding hydrogens is 322 g/mol. The molecule has 0 amide bonds. The van der Waals surface area contributed by atoms with Crippen LogP contribution in [0, 0.1) is 10.1 Å². The zero-order valence-corrected chi connectivity index (χ0v) is 12.4. The lowest BCUT2D eigenvalue weighted by Crippen LogP contribution is -2.01. The highest BCUT2D eigenvalue weighted by atomic mass is 32.2. The molecule has 0 atom stereocenters. The minimum atomic E-state index is -1.22. The van der Waals surface area contributed by atoms with E-state index in [1.807, 2.05) is 6.26 Å². The number of rotatable bonds is 5. The van der Waals surface area contributed by atoms with Crippen LogP contribution in [-0.2, 0) is 0 Å². The van der Waals surface area contributed by atoms with E-state index >= 15 is 0 Å². The molecule has 2 rings (SSSR count). The maximum Gasteiger partial charge on any atom is 0.337 e. The average molecular weight is 329 g/mol. The van der Waals surface area contributed by atoms with E-state index in [9.17, 15) is 14.9 Å². The first-order chi connectivity index (χ1) is 9.52. The Hall–Kier alpha value is -1.65. The molecule has 0 saturated carbocycles. The lowest BCUT2D eigenvalue weighted by molar-refractivity contribution is -0.387. The molecule has 1 heterocycles. The average Bonchev–Trinajstić information content (AvgIpc) is 2.86. The zero-order chi connectivity index (χ0) is 14.7. The van der Waals surface area contributed by atoms with E-state index in [0.717, 1.165) is 11.8 Å². The Kier molecular flexibility index (Phi) is 4.57. The molecule has 0 bridgehead atoms. The van der Waals surface area contributed by atoms with Crippen LogP contribution in [0.1, 0.15) is 10.4 Å². The van der Waals surface area contributed by atoms with E-state index in [1.54, 1.807) is 0 Å². The number of hydrogen-bond acceptors (Lipinski definition) is 8. The number of carboxylic acids is 1. The van der Waals surface area contributed by atoms with Crippen molar-refractivity contribution >= 4 is 46.5 Å². The first-order valence-corrected chi connectivity index (χ1v) is 7.94. The molecule has 0 aliphatic heterocycles. The molecule has 2 aromatic rings. The van der Waals surface area contributed by atoms with Gasteiger partial charge in [-0.05, 0) is 24.1 Å². The number of aromatic nitrogens is 2. The van der Waals surface area contributed by atoms with Crippen LogP contribution in [0.15, 0.2) is 31.8 Å². The normalized spacial score (nSPS) is 10.4. The second-order valence-electron chi connectivity index (χ2n) is 3.36. The topological polar surface area (TPSA) is 106 Å². The van der Waals surface area contributed by atoms with E-state index in [1.165, 1.54) is 41.3 Å². The molecule has 7 nitrogen and oxygen atoms in total. The van der Waals surface area contributed by atoms with Gasteiger partial charge in [-0.1, -0.05) is 29.2 Å². The molecule has 10 heteroatoms. The molecule has 0 spiro atoms. The highest BCUT2D eigenvalue weighted by Crippen LogP contribution is 2.39. The van der Waals surface area contributed by atoms with E-state index in [0.29, 0.717) is 8.68 Å². The number of aromatic carboxylic acids is 1. The zero-order valence-electron chi connectivity index (χ0n) is 9.97. The van der Waals surface area contributed by atoms with Crippen molar-refractivity contribution in [2.75, 3.05) is 6.26 Å². The summed E-state index contributed by atoms with van der Waals surface area (Å²) in [5.41, 5.74) is -0.374. The molecule has 0 radical (unpaired) electrons. The van der Waals surface area contributed by atoms with Gasteiger partial charge in [0.15, 0.2) is 8.68 Å². The van der Waals surface area contributed by atoms with Crippen LogP contribution < -0.4 is 0 Å². The fraction of sp³-hybridized carbons (Fsp3) is 0.100. The molecule has 0 saturated heterocycles. The van der Waals surface area contributed by atoms with Gasteiger partial charge in [-0.25, -0.2) is 4.79 Å². The lowest BCUT2D eigenvalue weighted by Gasteiger charge is -2.03. The number of carbonyl (C=O) groups is 1. The van der Waals surface area contributed by atoms with E-state index in [2.05, 4.69) is 10.2 Å². The van der Waals surface area contributed by atoms with Crippen molar-refractivity contribution < 1.29 is 14.8 Å². The summed E-state index contributed by atoms with van der Waals surface area (Å²) in [4.78, 5) is 21.6. The molecule has 0 aliphatic rings. The van der Waals surface area contributed by atoms with Crippen molar-refractivity contribution in [1.82, 2.24) is 10.2 Å².